The summed E-state index contributed by atoms with van der Waals surface area (Å²) in [6.07, 6.45) is -0.00480. The van der Waals surface area contributed by atoms with Crippen LogP contribution < -0.4 is 0 Å². The second-order valence-electron chi connectivity index (χ2n) is 5.56. The molecule has 2 aromatic rings. The normalized spacial score (nSPS) is 25.1. The lowest BCUT2D eigenvalue weighted by Crippen LogP contribution is -2.18. The van der Waals surface area contributed by atoms with Crippen LogP contribution in [0.15, 0.2) is 46.2 Å². The second kappa shape index (κ2) is 3.71. The molecule has 0 amide bonds. The molecule has 4 rings (SSSR count). The summed E-state index contributed by atoms with van der Waals surface area (Å²) in [5, 5.41) is 10.2. The van der Waals surface area contributed by atoms with Crippen LogP contribution in [0.4, 0.5) is 0 Å². The molecule has 0 fully saturated rings. The van der Waals surface area contributed by atoms with E-state index >= 15 is 0 Å². The number of hydrogen-bond acceptors (Lipinski definition) is 3. The van der Waals surface area contributed by atoms with Crippen LogP contribution in [-0.4, -0.2) is 13.5 Å². The van der Waals surface area contributed by atoms with Gasteiger partial charge in [-0.2, -0.15) is 0 Å². The highest BCUT2D eigenvalue weighted by Gasteiger charge is 2.43. The molecule has 4 heteroatoms. The summed E-state index contributed by atoms with van der Waals surface area (Å²) in [7, 11) is -3.48. The number of aryl methyl sites for hydroxylation is 1. The van der Waals surface area contributed by atoms with Crippen LogP contribution in [0.3, 0.4) is 0 Å². The fourth-order valence-corrected chi connectivity index (χ4v) is 5.68. The lowest BCUT2D eigenvalue weighted by atomic mass is 9.91. The minimum atomic E-state index is -3.48. The zero-order chi connectivity index (χ0) is 14.1. The van der Waals surface area contributed by atoms with Gasteiger partial charge in [-0.3, -0.25) is 0 Å². The molecule has 0 saturated heterocycles. The van der Waals surface area contributed by atoms with Crippen LogP contribution in [0.2, 0.25) is 0 Å². The summed E-state index contributed by atoms with van der Waals surface area (Å²) in [4.78, 5) is 0.808. The van der Waals surface area contributed by atoms with Crippen molar-refractivity contribution >= 4 is 9.84 Å². The van der Waals surface area contributed by atoms with E-state index in [0.29, 0.717) is 16.2 Å². The zero-order valence-corrected chi connectivity index (χ0v) is 11.8. The fourth-order valence-electron chi connectivity index (χ4n) is 3.64. The van der Waals surface area contributed by atoms with Crippen molar-refractivity contribution in [1.82, 2.24) is 0 Å². The minimum Gasteiger partial charge on any atom is -0.388 e. The number of fused-ring (bicyclic) bond motifs is 2. The Morgan fingerprint density at radius 2 is 1.80 bits per heavy atom. The maximum Gasteiger partial charge on any atom is 0.207 e. The van der Waals surface area contributed by atoms with Crippen molar-refractivity contribution in [3.05, 3.63) is 58.7 Å². The van der Waals surface area contributed by atoms with Gasteiger partial charge in [0.25, 0.3) is 0 Å². The van der Waals surface area contributed by atoms with Crippen molar-refractivity contribution in [2.75, 3.05) is 0 Å². The van der Waals surface area contributed by atoms with Crippen molar-refractivity contribution in [2.24, 2.45) is 0 Å². The van der Waals surface area contributed by atoms with Gasteiger partial charge in [-0.25, -0.2) is 8.42 Å². The van der Waals surface area contributed by atoms with E-state index in [1.165, 1.54) is 0 Å². The van der Waals surface area contributed by atoms with E-state index in [2.05, 4.69) is 0 Å². The van der Waals surface area contributed by atoms with E-state index in [-0.39, 0.29) is 5.92 Å². The summed E-state index contributed by atoms with van der Waals surface area (Å²) in [6, 6.07) is 10.8. The number of hydrogen-bond donors (Lipinski definition) is 1. The van der Waals surface area contributed by atoms with Crippen LogP contribution in [0.25, 0.3) is 0 Å². The Balaban J connectivity index is 2.17. The molecule has 0 spiro atoms. The van der Waals surface area contributed by atoms with Crippen LogP contribution in [0, 0.1) is 6.92 Å². The summed E-state index contributed by atoms with van der Waals surface area (Å²) in [6.45, 7) is 1.83. The van der Waals surface area contributed by atoms with Gasteiger partial charge in [-0.1, -0.05) is 30.3 Å². The Morgan fingerprint density at radius 1 is 1.10 bits per heavy atom. The van der Waals surface area contributed by atoms with Gasteiger partial charge in [0.15, 0.2) is 0 Å². The quantitative estimate of drug-likeness (QED) is 0.810. The van der Waals surface area contributed by atoms with Gasteiger partial charge in [-0.05, 0) is 41.7 Å². The second-order valence-corrected chi connectivity index (χ2v) is 7.41. The topological polar surface area (TPSA) is 54.4 Å². The molecule has 2 aromatic carbocycles. The minimum absolute atomic E-state index is 0.00498. The molecule has 1 aliphatic carbocycles. The summed E-state index contributed by atoms with van der Waals surface area (Å²) >= 11 is 0. The molecule has 1 aliphatic heterocycles. The molecular formula is C16H14O3S. The lowest BCUT2D eigenvalue weighted by Gasteiger charge is -2.26. The third kappa shape index (κ3) is 1.30. The van der Waals surface area contributed by atoms with E-state index in [1.807, 2.05) is 31.2 Å². The molecule has 0 radical (unpaired) electrons. The highest BCUT2D eigenvalue weighted by Crippen LogP contribution is 2.52. The van der Waals surface area contributed by atoms with E-state index in [0.717, 1.165) is 22.3 Å². The van der Waals surface area contributed by atoms with E-state index in [1.54, 1.807) is 12.1 Å². The molecule has 0 saturated carbocycles. The summed E-state index contributed by atoms with van der Waals surface area (Å²) in [5.74, 6) is -0.00498. The monoisotopic (exact) mass is 286 g/mol. The zero-order valence-electron chi connectivity index (χ0n) is 11.0. The van der Waals surface area contributed by atoms with Gasteiger partial charge in [0.2, 0.25) is 9.84 Å². The van der Waals surface area contributed by atoms with Gasteiger partial charge in [0.1, 0.15) is 0 Å². The third-order valence-electron chi connectivity index (χ3n) is 4.44. The van der Waals surface area contributed by atoms with Crippen molar-refractivity contribution < 1.29 is 13.5 Å². The average Bonchev–Trinajstić information content (AvgIpc) is 2.75. The number of aliphatic hydroxyl groups excluding tert-OH is 1. The predicted molar refractivity (Wildman–Crippen MR) is 74.5 cm³/mol. The maximum atomic E-state index is 12.9. The van der Waals surface area contributed by atoms with Gasteiger partial charge in [0, 0.05) is 5.92 Å². The average molecular weight is 286 g/mol. The molecule has 20 heavy (non-hydrogen) atoms. The van der Waals surface area contributed by atoms with Gasteiger partial charge in [-0.15, -0.1) is 0 Å². The number of sulfone groups is 1. The first-order chi connectivity index (χ1) is 9.51. The molecule has 2 aliphatic rings. The Bertz CT molecular complexity index is 837. The number of aliphatic hydroxyl groups is 1. The highest BCUT2D eigenvalue weighted by atomic mass is 32.2. The Hall–Kier alpha value is -1.65. The molecule has 0 bridgehead atoms. The van der Waals surface area contributed by atoms with Crippen LogP contribution in [0.1, 0.15) is 40.7 Å². The Labute approximate surface area is 117 Å². The fraction of sp³-hybridized carbons (Fsp3) is 0.250. The third-order valence-corrected chi connectivity index (χ3v) is 6.47. The molecular weight excluding hydrogens is 272 g/mol. The lowest BCUT2D eigenvalue weighted by molar-refractivity contribution is 0.176. The van der Waals surface area contributed by atoms with E-state index in [9.17, 15) is 13.5 Å². The van der Waals surface area contributed by atoms with E-state index in [4.69, 9.17) is 0 Å². The largest absolute Gasteiger partial charge is 0.388 e. The molecule has 0 aromatic heterocycles. The first-order valence-corrected chi connectivity index (χ1v) is 8.15. The van der Waals surface area contributed by atoms with Gasteiger partial charge < -0.3 is 5.11 Å². The van der Waals surface area contributed by atoms with Crippen molar-refractivity contribution in [1.29, 1.82) is 0 Å². The van der Waals surface area contributed by atoms with Gasteiger partial charge in [0.05, 0.1) is 15.9 Å². The SMILES string of the molecule is Cc1cccc2c1S(=O)(=O)c1cccc3c1C2C[C@@H]3O. The number of benzene rings is 2. The van der Waals surface area contributed by atoms with Gasteiger partial charge >= 0.3 is 0 Å². The van der Waals surface area contributed by atoms with Crippen LogP contribution in [-0.2, 0) is 9.84 Å². The molecule has 3 nitrogen and oxygen atoms in total. The van der Waals surface area contributed by atoms with Crippen LogP contribution >= 0.6 is 0 Å². The smallest absolute Gasteiger partial charge is 0.207 e. The van der Waals surface area contributed by atoms with E-state index < -0.39 is 15.9 Å². The highest BCUT2D eigenvalue weighted by molar-refractivity contribution is 7.91. The van der Waals surface area contributed by atoms with Crippen molar-refractivity contribution in [3.63, 3.8) is 0 Å². The Morgan fingerprint density at radius 3 is 2.60 bits per heavy atom. The van der Waals surface area contributed by atoms with Crippen molar-refractivity contribution in [2.45, 2.75) is 35.2 Å². The van der Waals surface area contributed by atoms with Crippen molar-refractivity contribution in [3.8, 4) is 0 Å². The first-order valence-electron chi connectivity index (χ1n) is 6.67. The maximum absolute atomic E-state index is 12.9. The molecule has 1 heterocycles. The molecule has 102 valence electrons. The summed E-state index contributed by atoms with van der Waals surface area (Å²) < 4.78 is 25.7. The standard InChI is InChI=1S/C16H14O3S/c1-9-4-2-5-10-12-8-13(17)11-6-3-7-14(15(11)12)20(18,19)16(9)10/h2-7,12-13,17H,8H2,1H3/t12?,13-/m0/s1. The first kappa shape index (κ1) is 12.1. The molecule has 2 atom stereocenters. The predicted octanol–water partition coefficient (Wildman–Crippen LogP) is 2.71. The molecule has 1 unspecified atom stereocenters. The van der Waals surface area contributed by atoms with Crippen LogP contribution in [0.5, 0.6) is 0 Å². The molecule has 1 N–H and O–H groups in total. The summed E-state index contributed by atoms with van der Waals surface area (Å²) in [5.41, 5.74) is 3.18. The number of rotatable bonds is 0. The Kier molecular flexibility index (Phi) is 2.25.